The standard InChI is InChI=1S/C12H16FNO/c13-11-5-3-10(4-6-11)2-1-7-12(15)8-14-9-12/h3-6,14-15H,1-2,7-9H2. The van der Waals surface area contributed by atoms with Crippen molar-refractivity contribution in [2.75, 3.05) is 13.1 Å². The second kappa shape index (κ2) is 4.29. The lowest BCUT2D eigenvalue weighted by molar-refractivity contribution is -0.0185. The molecule has 1 aromatic carbocycles. The number of benzene rings is 1. The first-order chi connectivity index (χ1) is 7.18. The molecule has 0 aromatic heterocycles. The van der Waals surface area contributed by atoms with Crippen LogP contribution >= 0.6 is 0 Å². The van der Waals surface area contributed by atoms with E-state index in [0.717, 1.165) is 24.8 Å². The van der Waals surface area contributed by atoms with Gasteiger partial charge in [-0.2, -0.15) is 0 Å². The highest BCUT2D eigenvalue weighted by Gasteiger charge is 2.33. The fourth-order valence-electron chi connectivity index (χ4n) is 1.86. The molecule has 0 aliphatic carbocycles. The largest absolute Gasteiger partial charge is 0.387 e. The Morgan fingerprint density at radius 1 is 1.27 bits per heavy atom. The van der Waals surface area contributed by atoms with Crippen LogP contribution in [-0.2, 0) is 6.42 Å². The molecule has 82 valence electrons. The third kappa shape index (κ3) is 2.76. The Labute approximate surface area is 89.1 Å². The summed E-state index contributed by atoms with van der Waals surface area (Å²) in [5.74, 6) is -0.194. The van der Waals surface area contributed by atoms with E-state index >= 15 is 0 Å². The third-order valence-corrected chi connectivity index (χ3v) is 2.93. The maximum absolute atomic E-state index is 12.6. The minimum atomic E-state index is -0.486. The zero-order valence-corrected chi connectivity index (χ0v) is 8.67. The van der Waals surface area contributed by atoms with Crippen molar-refractivity contribution in [2.45, 2.75) is 24.9 Å². The molecular weight excluding hydrogens is 193 g/mol. The van der Waals surface area contributed by atoms with Gasteiger partial charge < -0.3 is 10.4 Å². The summed E-state index contributed by atoms with van der Waals surface area (Å²) in [7, 11) is 0. The molecule has 1 fully saturated rings. The lowest BCUT2D eigenvalue weighted by atomic mass is 9.90. The van der Waals surface area contributed by atoms with Crippen LogP contribution in [-0.4, -0.2) is 23.8 Å². The Bertz CT molecular complexity index is 319. The van der Waals surface area contributed by atoms with E-state index < -0.39 is 5.60 Å². The van der Waals surface area contributed by atoms with Crippen molar-refractivity contribution < 1.29 is 9.50 Å². The number of hydrogen-bond donors (Lipinski definition) is 2. The Morgan fingerprint density at radius 2 is 1.93 bits per heavy atom. The van der Waals surface area contributed by atoms with E-state index in [0.29, 0.717) is 13.1 Å². The van der Waals surface area contributed by atoms with Crippen LogP contribution in [0.25, 0.3) is 0 Å². The first kappa shape index (κ1) is 10.6. The fourth-order valence-corrected chi connectivity index (χ4v) is 1.86. The van der Waals surface area contributed by atoms with Crippen molar-refractivity contribution in [3.8, 4) is 0 Å². The summed E-state index contributed by atoms with van der Waals surface area (Å²) in [6.45, 7) is 1.41. The number of halogens is 1. The first-order valence-electron chi connectivity index (χ1n) is 5.36. The van der Waals surface area contributed by atoms with Crippen molar-refractivity contribution in [1.82, 2.24) is 5.32 Å². The van der Waals surface area contributed by atoms with Crippen LogP contribution in [0.3, 0.4) is 0 Å². The highest BCUT2D eigenvalue weighted by molar-refractivity contribution is 5.16. The highest BCUT2D eigenvalue weighted by atomic mass is 19.1. The molecule has 0 spiro atoms. The topological polar surface area (TPSA) is 32.3 Å². The van der Waals surface area contributed by atoms with Gasteiger partial charge in [0.1, 0.15) is 5.82 Å². The van der Waals surface area contributed by atoms with Crippen LogP contribution in [0.5, 0.6) is 0 Å². The van der Waals surface area contributed by atoms with E-state index in [1.165, 1.54) is 12.1 Å². The summed E-state index contributed by atoms with van der Waals surface area (Å²) >= 11 is 0. The van der Waals surface area contributed by atoms with Crippen LogP contribution in [0.4, 0.5) is 4.39 Å². The summed E-state index contributed by atoms with van der Waals surface area (Å²) < 4.78 is 12.6. The molecule has 1 aliphatic heterocycles. The predicted molar refractivity (Wildman–Crippen MR) is 57.2 cm³/mol. The second-order valence-electron chi connectivity index (χ2n) is 4.31. The first-order valence-corrected chi connectivity index (χ1v) is 5.36. The summed E-state index contributed by atoms with van der Waals surface area (Å²) in [6, 6.07) is 6.57. The zero-order chi connectivity index (χ0) is 10.7. The molecule has 0 saturated carbocycles. The Balaban J connectivity index is 1.76. The van der Waals surface area contributed by atoms with Gasteiger partial charge in [-0.15, -0.1) is 0 Å². The molecule has 1 heterocycles. The molecule has 2 rings (SSSR count). The molecule has 0 atom stereocenters. The van der Waals surface area contributed by atoms with Gasteiger partial charge in [0, 0.05) is 13.1 Å². The van der Waals surface area contributed by atoms with E-state index in [2.05, 4.69) is 5.32 Å². The maximum atomic E-state index is 12.6. The molecule has 0 amide bonds. The number of β-amino-alcohol motifs (C(OH)–C–C–N with tert-alkyl or cyclic N) is 1. The van der Waals surface area contributed by atoms with Gasteiger partial charge in [0.25, 0.3) is 0 Å². The Kier molecular flexibility index (Phi) is 3.03. The monoisotopic (exact) mass is 209 g/mol. The predicted octanol–water partition coefficient (Wildman–Crippen LogP) is 1.48. The maximum Gasteiger partial charge on any atom is 0.123 e. The van der Waals surface area contributed by atoms with Crippen molar-refractivity contribution >= 4 is 0 Å². The van der Waals surface area contributed by atoms with Gasteiger partial charge >= 0.3 is 0 Å². The average molecular weight is 209 g/mol. The number of hydrogen-bond acceptors (Lipinski definition) is 2. The SMILES string of the molecule is OC1(CCCc2ccc(F)cc2)CNC1. The van der Waals surface area contributed by atoms with Crippen LogP contribution < -0.4 is 5.32 Å². The van der Waals surface area contributed by atoms with Crippen molar-refractivity contribution in [1.29, 1.82) is 0 Å². The van der Waals surface area contributed by atoms with Gasteiger partial charge in [0.2, 0.25) is 0 Å². The summed E-state index contributed by atoms with van der Waals surface area (Å²) in [5.41, 5.74) is 0.646. The lowest BCUT2D eigenvalue weighted by Gasteiger charge is -2.37. The van der Waals surface area contributed by atoms with E-state index in [1.807, 2.05) is 0 Å². The normalized spacial score (nSPS) is 18.5. The minimum Gasteiger partial charge on any atom is -0.387 e. The minimum absolute atomic E-state index is 0.194. The van der Waals surface area contributed by atoms with Gasteiger partial charge in [-0.3, -0.25) is 0 Å². The molecule has 1 saturated heterocycles. The van der Waals surface area contributed by atoms with Gasteiger partial charge in [0.15, 0.2) is 0 Å². The number of nitrogens with one attached hydrogen (secondary N) is 1. The molecule has 15 heavy (non-hydrogen) atoms. The Morgan fingerprint density at radius 3 is 2.47 bits per heavy atom. The van der Waals surface area contributed by atoms with Gasteiger partial charge in [-0.25, -0.2) is 4.39 Å². The van der Waals surface area contributed by atoms with E-state index in [4.69, 9.17) is 0 Å². The van der Waals surface area contributed by atoms with Crippen molar-refractivity contribution in [3.05, 3.63) is 35.6 Å². The van der Waals surface area contributed by atoms with Gasteiger partial charge in [-0.05, 0) is 37.0 Å². The Hall–Kier alpha value is -0.930. The second-order valence-corrected chi connectivity index (χ2v) is 4.31. The molecule has 2 N–H and O–H groups in total. The van der Waals surface area contributed by atoms with Crippen LogP contribution in [0.2, 0.25) is 0 Å². The summed E-state index contributed by atoms with van der Waals surface area (Å²) in [6.07, 6.45) is 2.67. The number of aliphatic hydroxyl groups is 1. The average Bonchev–Trinajstić information content (AvgIpc) is 2.19. The number of rotatable bonds is 4. The van der Waals surface area contributed by atoms with Gasteiger partial charge in [0.05, 0.1) is 5.60 Å². The van der Waals surface area contributed by atoms with E-state index in [1.54, 1.807) is 12.1 Å². The molecule has 1 aromatic rings. The molecular formula is C12H16FNO. The van der Waals surface area contributed by atoms with Crippen molar-refractivity contribution in [2.24, 2.45) is 0 Å². The number of aryl methyl sites for hydroxylation is 1. The zero-order valence-electron chi connectivity index (χ0n) is 8.67. The highest BCUT2D eigenvalue weighted by Crippen LogP contribution is 2.19. The quantitative estimate of drug-likeness (QED) is 0.787. The third-order valence-electron chi connectivity index (χ3n) is 2.93. The summed E-state index contributed by atoms with van der Waals surface area (Å²) in [4.78, 5) is 0. The smallest absolute Gasteiger partial charge is 0.123 e. The van der Waals surface area contributed by atoms with Gasteiger partial charge in [-0.1, -0.05) is 12.1 Å². The van der Waals surface area contributed by atoms with Crippen LogP contribution in [0.15, 0.2) is 24.3 Å². The van der Waals surface area contributed by atoms with Crippen molar-refractivity contribution in [3.63, 3.8) is 0 Å². The van der Waals surface area contributed by atoms with E-state index in [-0.39, 0.29) is 5.82 Å². The molecule has 2 nitrogen and oxygen atoms in total. The molecule has 0 bridgehead atoms. The van der Waals surface area contributed by atoms with Crippen LogP contribution in [0, 0.1) is 5.82 Å². The fraction of sp³-hybridized carbons (Fsp3) is 0.500. The lowest BCUT2D eigenvalue weighted by Crippen LogP contribution is -2.59. The molecule has 3 heteroatoms. The van der Waals surface area contributed by atoms with Crippen LogP contribution in [0.1, 0.15) is 18.4 Å². The summed E-state index contributed by atoms with van der Waals surface area (Å²) in [5, 5.41) is 12.9. The molecule has 1 aliphatic rings. The molecule has 0 radical (unpaired) electrons. The molecule has 0 unspecified atom stereocenters. The van der Waals surface area contributed by atoms with E-state index in [9.17, 15) is 9.50 Å².